The summed E-state index contributed by atoms with van der Waals surface area (Å²) in [6, 6.07) is 6.90. The molecule has 84 valence electrons. The monoisotopic (exact) mass is 245 g/mol. The molecule has 0 fully saturated rings. The van der Waals surface area contributed by atoms with Crippen LogP contribution in [-0.2, 0) is 0 Å². The van der Waals surface area contributed by atoms with E-state index in [0.29, 0.717) is 21.4 Å². The van der Waals surface area contributed by atoms with Gasteiger partial charge in [-0.05, 0) is 24.3 Å². The Balaban J connectivity index is 1.93. The quantitative estimate of drug-likeness (QED) is 0.665. The van der Waals surface area contributed by atoms with Crippen LogP contribution in [0.2, 0.25) is 0 Å². The van der Waals surface area contributed by atoms with Gasteiger partial charge in [-0.1, -0.05) is 0 Å². The van der Waals surface area contributed by atoms with Gasteiger partial charge in [-0.25, -0.2) is 4.98 Å². The van der Waals surface area contributed by atoms with Crippen molar-refractivity contribution in [2.24, 2.45) is 0 Å². The van der Waals surface area contributed by atoms with Gasteiger partial charge in [0.05, 0.1) is 23.6 Å². The van der Waals surface area contributed by atoms with Crippen LogP contribution < -0.4 is 0 Å². The lowest BCUT2D eigenvalue weighted by Gasteiger charge is -1.89. The van der Waals surface area contributed by atoms with E-state index in [0.717, 1.165) is 0 Å². The molecule has 4 nitrogen and oxygen atoms in total. The number of carbonyl (C=O) groups excluding carboxylic acids is 1. The summed E-state index contributed by atoms with van der Waals surface area (Å²) in [7, 11) is 0. The molecule has 0 atom stereocenters. The number of thiazole rings is 1. The molecular weight excluding hydrogens is 238 g/mol. The Bertz CT molecular complexity index is 623. The van der Waals surface area contributed by atoms with Crippen molar-refractivity contribution in [2.75, 3.05) is 0 Å². The van der Waals surface area contributed by atoms with Crippen molar-refractivity contribution in [3.05, 3.63) is 53.6 Å². The highest BCUT2D eigenvalue weighted by atomic mass is 32.1. The van der Waals surface area contributed by atoms with Crippen LogP contribution in [0.5, 0.6) is 0 Å². The van der Waals surface area contributed by atoms with Gasteiger partial charge >= 0.3 is 0 Å². The van der Waals surface area contributed by atoms with Gasteiger partial charge in [0, 0.05) is 0 Å². The van der Waals surface area contributed by atoms with E-state index in [2.05, 4.69) is 4.98 Å². The van der Waals surface area contributed by atoms with E-state index in [9.17, 15) is 4.79 Å². The maximum atomic E-state index is 11.9. The summed E-state index contributed by atoms with van der Waals surface area (Å²) in [5.41, 5.74) is 0. The summed E-state index contributed by atoms with van der Waals surface area (Å²) < 4.78 is 10.3. The molecule has 0 aliphatic carbocycles. The second kappa shape index (κ2) is 4.03. The summed E-state index contributed by atoms with van der Waals surface area (Å²) in [4.78, 5) is 16.6. The molecule has 17 heavy (non-hydrogen) atoms. The van der Waals surface area contributed by atoms with E-state index in [1.807, 2.05) is 0 Å². The predicted molar refractivity (Wildman–Crippen MR) is 62.0 cm³/mol. The molecule has 3 heterocycles. The maximum Gasteiger partial charge on any atom is 0.239 e. The van der Waals surface area contributed by atoms with Crippen molar-refractivity contribution < 1.29 is 13.6 Å². The van der Waals surface area contributed by atoms with Crippen molar-refractivity contribution >= 4 is 17.1 Å². The highest BCUT2D eigenvalue weighted by Crippen LogP contribution is 2.26. The molecule has 0 amide bonds. The Hall–Kier alpha value is -2.14. The summed E-state index contributed by atoms with van der Waals surface area (Å²) in [5.74, 6) is 0.818. The minimum absolute atomic E-state index is 0.162. The first-order valence-corrected chi connectivity index (χ1v) is 5.74. The first-order chi connectivity index (χ1) is 8.34. The van der Waals surface area contributed by atoms with Gasteiger partial charge in [-0.2, -0.15) is 0 Å². The van der Waals surface area contributed by atoms with Crippen LogP contribution in [0.1, 0.15) is 15.4 Å². The Labute approximate surface area is 101 Å². The summed E-state index contributed by atoms with van der Waals surface area (Å²) >= 11 is 1.28. The Kier molecular flexibility index (Phi) is 2.38. The number of hydrogen-bond donors (Lipinski definition) is 0. The van der Waals surface area contributed by atoms with Crippen LogP contribution in [0.4, 0.5) is 0 Å². The first-order valence-electron chi connectivity index (χ1n) is 4.92. The molecule has 0 saturated carbocycles. The third-order valence-electron chi connectivity index (χ3n) is 2.21. The van der Waals surface area contributed by atoms with Crippen molar-refractivity contribution in [1.29, 1.82) is 0 Å². The second-order valence-corrected chi connectivity index (χ2v) is 4.34. The first kappa shape index (κ1) is 10.0. The lowest BCUT2D eigenvalue weighted by Crippen LogP contribution is -1.95. The number of nitrogens with zero attached hydrogens (tertiary/aromatic N) is 1. The average Bonchev–Trinajstić information content (AvgIpc) is 3.09. The maximum absolute atomic E-state index is 11.9. The van der Waals surface area contributed by atoms with Gasteiger partial charge in [0.15, 0.2) is 16.5 Å². The number of hydrogen-bond acceptors (Lipinski definition) is 5. The fraction of sp³-hybridized carbons (Fsp3) is 0. The van der Waals surface area contributed by atoms with Crippen molar-refractivity contribution in [3.8, 4) is 10.8 Å². The largest absolute Gasteiger partial charge is 0.462 e. The van der Waals surface area contributed by atoms with Crippen molar-refractivity contribution in [2.45, 2.75) is 0 Å². The minimum Gasteiger partial charge on any atom is -0.462 e. The predicted octanol–water partition coefficient (Wildman–Crippen LogP) is 3.23. The number of carbonyl (C=O) groups is 1. The highest BCUT2D eigenvalue weighted by Gasteiger charge is 2.16. The van der Waals surface area contributed by atoms with Crippen LogP contribution in [0.3, 0.4) is 0 Å². The fourth-order valence-corrected chi connectivity index (χ4v) is 2.25. The third kappa shape index (κ3) is 1.81. The summed E-state index contributed by atoms with van der Waals surface area (Å²) in [5, 5.41) is 0.685. The highest BCUT2D eigenvalue weighted by molar-refractivity contribution is 7.17. The summed E-state index contributed by atoms with van der Waals surface area (Å²) in [6.07, 6.45) is 4.58. The van der Waals surface area contributed by atoms with Crippen LogP contribution >= 0.6 is 11.3 Å². The molecule has 0 unspecified atom stereocenters. The molecule has 0 saturated heterocycles. The normalized spacial score (nSPS) is 10.6. The van der Waals surface area contributed by atoms with E-state index in [1.165, 1.54) is 23.8 Å². The van der Waals surface area contributed by atoms with Gasteiger partial charge in [0.2, 0.25) is 5.78 Å². The Morgan fingerprint density at radius 1 is 1.18 bits per heavy atom. The summed E-state index contributed by atoms with van der Waals surface area (Å²) in [6.45, 7) is 0. The van der Waals surface area contributed by atoms with E-state index < -0.39 is 0 Å². The second-order valence-electron chi connectivity index (χ2n) is 3.31. The van der Waals surface area contributed by atoms with Gasteiger partial charge < -0.3 is 8.83 Å². The average molecular weight is 245 g/mol. The zero-order valence-electron chi connectivity index (χ0n) is 8.62. The van der Waals surface area contributed by atoms with Gasteiger partial charge in [-0.15, -0.1) is 11.3 Å². The van der Waals surface area contributed by atoms with Crippen LogP contribution in [-0.4, -0.2) is 10.8 Å². The number of furan rings is 2. The molecular formula is C12H7NO3S. The number of ketones is 1. The van der Waals surface area contributed by atoms with Crippen LogP contribution in [0.25, 0.3) is 10.8 Å². The van der Waals surface area contributed by atoms with E-state index >= 15 is 0 Å². The molecule has 3 rings (SSSR count). The molecule has 0 radical (unpaired) electrons. The lowest BCUT2D eigenvalue weighted by molar-refractivity contribution is 0.101. The van der Waals surface area contributed by atoms with E-state index in [1.54, 1.807) is 30.5 Å². The topological polar surface area (TPSA) is 56.2 Å². The molecule has 3 aromatic heterocycles. The number of rotatable bonds is 3. The Morgan fingerprint density at radius 3 is 2.71 bits per heavy atom. The zero-order valence-corrected chi connectivity index (χ0v) is 9.44. The van der Waals surface area contributed by atoms with Gasteiger partial charge in [0.1, 0.15) is 0 Å². The van der Waals surface area contributed by atoms with Crippen molar-refractivity contribution in [1.82, 2.24) is 4.98 Å². The molecule has 0 aliphatic rings. The smallest absolute Gasteiger partial charge is 0.239 e. The molecule has 0 aromatic carbocycles. The fourth-order valence-electron chi connectivity index (χ4n) is 1.42. The van der Waals surface area contributed by atoms with E-state index in [4.69, 9.17) is 8.83 Å². The third-order valence-corrected chi connectivity index (χ3v) is 3.22. The lowest BCUT2D eigenvalue weighted by atomic mass is 10.3. The molecule has 0 aliphatic heterocycles. The standard InChI is InChI=1S/C12H7NO3S/c14-11(8-3-1-5-15-8)10-7-13-12(17-10)9-4-2-6-16-9/h1-7H. The molecule has 0 bridgehead atoms. The molecule has 5 heteroatoms. The SMILES string of the molecule is O=C(c1ccco1)c1cnc(-c2ccco2)s1. The van der Waals surface area contributed by atoms with Crippen LogP contribution in [0, 0.1) is 0 Å². The Morgan fingerprint density at radius 2 is 2.00 bits per heavy atom. The zero-order chi connectivity index (χ0) is 11.7. The van der Waals surface area contributed by atoms with E-state index in [-0.39, 0.29) is 5.78 Å². The van der Waals surface area contributed by atoms with Crippen molar-refractivity contribution in [3.63, 3.8) is 0 Å². The van der Waals surface area contributed by atoms with Gasteiger partial charge in [-0.3, -0.25) is 4.79 Å². The molecule has 3 aromatic rings. The molecule has 0 N–H and O–H groups in total. The van der Waals surface area contributed by atoms with Crippen LogP contribution in [0.15, 0.2) is 51.8 Å². The number of aromatic nitrogens is 1. The van der Waals surface area contributed by atoms with Gasteiger partial charge in [0.25, 0.3) is 0 Å². The minimum atomic E-state index is -0.162. The molecule has 0 spiro atoms.